The van der Waals surface area contributed by atoms with Crippen LogP contribution in [0.4, 0.5) is 5.69 Å². The Bertz CT molecular complexity index is 897. The van der Waals surface area contributed by atoms with E-state index in [-0.39, 0.29) is 20.8 Å². The molecule has 0 saturated heterocycles. The first-order valence-electron chi connectivity index (χ1n) is 7.58. The third-order valence-corrected chi connectivity index (χ3v) is 5.66. The molecule has 1 amide bonds. The molecule has 2 aromatic rings. The zero-order valence-corrected chi connectivity index (χ0v) is 15.3. The Hall–Kier alpha value is -1.67. The van der Waals surface area contributed by atoms with E-state index in [9.17, 15) is 13.2 Å². The van der Waals surface area contributed by atoms with Gasteiger partial charge in [-0.05, 0) is 55.2 Å². The summed E-state index contributed by atoms with van der Waals surface area (Å²) < 4.78 is 26.9. The monoisotopic (exact) mass is 399 g/mol. The number of aromatic nitrogens is 1. The van der Waals surface area contributed by atoms with Gasteiger partial charge in [-0.25, -0.2) is 18.1 Å². The highest BCUT2D eigenvalue weighted by atomic mass is 35.5. The minimum atomic E-state index is -3.54. The molecule has 0 bridgehead atoms. The maximum atomic E-state index is 12.2. The summed E-state index contributed by atoms with van der Waals surface area (Å²) in [4.78, 5) is 16.2. The lowest BCUT2D eigenvalue weighted by Gasteiger charge is -2.09. The Morgan fingerprint density at radius 3 is 2.44 bits per heavy atom. The number of benzene rings is 1. The Kier molecular flexibility index (Phi) is 5.29. The van der Waals surface area contributed by atoms with Crippen LogP contribution >= 0.6 is 23.2 Å². The molecule has 25 heavy (non-hydrogen) atoms. The molecular weight excluding hydrogens is 385 g/mol. The van der Waals surface area contributed by atoms with E-state index >= 15 is 0 Å². The topological polar surface area (TPSA) is 88.2 Å². The van der Waals surface area contributed by atoms with Gasteiger partial charge in [-0.1, -0.05) is 23.2 Å². The van der Waals surface area contributed by atoms with Crippen LogP contribution in [0.2, 0.25) is 10.2 Å². The number of hydrogen-bond donors (Lipinski definition) is 2. The molecule has 1 fully saturated rings. The first-order chi connectivity index (χ1) is 11.8. The van der Waals surface area contributed by atoms with Crippen LogP contribution in [0.5, 0.6) is 0 Å². The van der Waals surface area contributed by atoms with Crippen LogP contribution in [-0.4, -0.2) is 25.9 Å². The van der Waals surface area contributed by atoms with E-state index in [2.05, 4.69) is 15.0 Å². The van der Waals surface area contributed by atoms with E-state index in [1.165, 1.54) is 36.4 Å². The standard InChI is InChI=1S/C16H15Cl2N3O3S/c17-13-7-8-14(18)21-15(13)16(22)20-11-3-5-12(6-4-11)25(23,24)19-9-10-1-2-10/h3-8,10,19H,1-2,9H2,(H,20,22). The van der Waals surface area contributed by atoms with E-state index in [0.29, 0.717) is 18.2 Å². The number of carbonyl (C=O) groups excluding carboxylic acids is 1. The van der Waals surface area contributed by atoms with Crippen molar-refractivity contribution in [2.24, 2.45) is 5.92 Å². The van der Waals surface area contributed by atoms with E-state index in [1.807, 2.05) is 0 Å². The molecular formula is C16H15Cl2N3O3S. The van der Waals surface area contributed by atoms with Gasteiger partial charge in [0.1, 0.15) is 10.8 Å². The zero-order chi connectivity index (χ0) is 18.0. The first kappa shape index (κ1) is 18.1. The van der Waals surface area contributed by atoms with Gasteiger partial charge in [-0.3, -0.25) is 4.79 Å². The van der Waals surface area contributed by atoms with Gasteiger partial charge in [-0.15, -0.1) is 0 Å². The van der Waals surface area contributed by atoms with Gasteiger partial charge in [0.15, 0.2) is 0 Å². The molecule has 2 N–H and O–H groups in total. The van der Waals surface area contributed by atoms with Crippen LogP contribution < -0.4 is 10.0 Å². The SMILES string of the molecule is O=C(Nc1ccc(S(=O)(=O)NCC2CC2)cc1)c1nc(Cl)ccc1Cl. The second kappa shape index (κ2) is 7.29. The molecule has 0 radical (unpaired) electrons. The summed E-state index contributed by atoms with van der Waals surface area (Å²) in [6, 6.07) is 8.82. The number of hydrogen-bond acceptors (Lipinski definition) is 4. The van der Waals surface area contributed by atoms with E-state index in [1.54, 1.807) is 0 Å². The highest BCUT2D eigenvalue weighted by Gasteiger charge is 2.24. The van der Waals surface area contributed by atoms with Crippen molar-refractivity contribution in [3.63, 3.8) is 0 Å². The predicted molar refractivity (Wildman–Crippen MR) is 96.6 cm³/mol. The van der Waals surface area contributed by atoms with Crippen molar-refractivity contribution in [3.8, 4) is 0 Å². The number of carbonyl (C=O) groups is 1. The van der Waals surface area contributed by atoms with Crippen LogP contribution in [0.1, 0.15) is 23.3 Å². The third kappa shape index (κ3) is 4.70. The summed E-state index contributed by atoms with van der Waals surface area (Å²) in [6.45, 7) is 0.458. The van der Waals surface area contributed by atoms with E-state index < -0.39 is 15.9 Å². The molecule has 1 aliphatic rings. The minimum absolute atomic E-state index is 0.00281. The highest BCUT2D eigenvalue weighted by molar-refractivity contribution is 7.89. The third-order valence-electron chi connectivity index (χ3n) is 3.71. The maximum absolute atomic E-state index is 12.2. The van der Waals surface area contributed by atoms with Crippen molar-refractivity contribution in [1.82, 2.24) is 9.71 Å². The molecule has 132 valence electrons. The molecule has 1 aromatic heterocycles. The number of halogens is 2. The zero-order valence-electron chi connectivity index (χ0n) is 13.0. The Labute approximate surface area is 155 Å². The second-order valence-corrected chi connectivity index (χ2v) is 8.30. The van der Waals surface area contributed by atoms with Gasteiger partial charge in [-0.2, -0.15) is 0 Å². The van der Waals surface area contributed by atoms with Crippen molar-refractivity contribution in [2.75, 3.05) is 11.9 Å². The fourth-order valence-corrected chi connectivity index (χ4v) is 3.57. The maximum Gasteiger partial charge on any atom is 0.275 e. The minimum Gasteiger partial charge on any atom is -0.321 e. The van der Waals surface area contributed by atoms with Gasteiger partial charge in [0.25, 0.3) is 5.91 Å². The van der Waals surface area contributed by atoms with Crippen LogP contribution in [0.3, 0.4) is 0 Å². The molecule has 0 unspecified atom stereocenters. The Morgan fingerprint density at radius 2 is 1.80 bits per heavy atom. The molecule has 0 atom stereocenters. The lowest BCUT2D eigenvalue weighted by atomic mass is 10.3. The molecule has 1 heterocycles. The predicted octanol–water partition coefficient (Wildman–Crippen LogP) is 3.33. The quantitative estimate of drug-likeness (QED) is 0.729. The van der Waals surface area contributed by atoms with Crippen molar-refractivity contribution in [2.45, 2.75) is 17.7 Å². The second-order valence-electron chi connectivity index (χ2n) is 5.74. The number of nitrogens with one attached hydrogen (secondary N) is 2. The summed E-state index contributed by atoms with van der Waals surface area (Å²) in [5.41, 5.74) is 0.418. The Morgan fingerprint density at radius 1 is 1.12 bits per heavy atom. The number of pyridine rings is 1. The first-order valence-corrected chi connectivity index (χ1v) is 9.82. The fraction of sp³-hybridized carbons (Fsp3) is 0.250. The lowest BCUT2D eigenvalue weighted by molar-refractivity contribution is 0.102. The van der Waals surface area contributed by atoms with E-state index in [0.717, 1.165) is 12.8 Å². The number of sulfonamides is 1. The van der Waals surface area contributed by atoms with Crippen molar-refractivity contribution < 1.29 is 13.2 Å². The summed E-state index contributed by atoms with van der Waals surface area (Å²) in [7, 11) is -3.54. The van der Waals surface area contributed by atoms with Crippen LogP contribution in [0.25, 0.3) is 0 Å². The normalized spacial score (nSPS) is 14.3. The van der Waals surface area contributed by atoms with Gasteiger partial charge >= 0.3 is 0 Å². The highest BCUT2D eigenvalue weighted by Crippen LogP contribution is 2.28. The summed E-state index contributed by atoms with van der Waals surface area (Å²) in [5, 5.41) is 2.93. The largest absolute Gasteiger partial charge is 0.321 e. The van der Waals surface area contributed by atoms with Gasteiger partial charge in [0.2, 0.25) is 10.0 Å². The number of rotatable bonds is 6. The van der Waals surface area contributed by atoms with Gasteiger partial charge in [0.05, 0.1) is 9.92 Å². The average molecular weight is 400 g/mol. The van der Waals surface area contributed by atoms with Crippen LogP contribution in [-0.2, 0) is 10.0 Å². The smallest absolute Gasteiger partial charge is 0.275 e. The molecule has 1 saturated carbocycles. The number of nitrogens with zero attached hydrogens (tertiary/aromatic N) is 1. The summed E-state index contributed by atoms with van der Waals surface area (Å²) >= 11 is 11.7. The van der Waals surface area contributed by atoms with Crippen LogP contribution in [0, 0.1) is 5.92 Å². The molecule has 9 heteroatoms. The van der Waals surface area contributed by atoms with E-state index in [4.69, 9.17) is 23.2 Å². The number of amides is 1. The van der Waals surface area contributed by atoms with Gasteiger partial charge in [0, 0.05) is 12.2 Å². The molecule has 6 nitrogen and oxygen atoms in total. The average Bonchev–Trinajstić information content (AvgIpc) is 3.40. The lowest BCUT2D eigenvalue weighted by Crippen LogP contribution is -2.25. The summed E-state index contributed by atoms with van der Waals surface area (Å²) in [5.74, 6) is -0.0850. The van der Waals surface area contributed by atoms with Crippen LogP contribution in [0.15, 0.2) is 41.3 Å². The van der Waals surface area contributed by atoms with Crippen molar-refractivity contribution in [1.29, 1.82) is 0 Å². The molecule has 0 spiro atoms. The van der Waals surface area contributed by atoms with Crippen molar-refractivity contribution >= 4 is 44.8 Å². The van der Waals surface area contributed by atoms with Gasteiger partial charge < -0.3 is 5.32 Å². The fourth-order valence-electron chi connectivity index (χ4n) is 2.12. The Balaban J connectivity index is 1.69. The summed E-state index contributed by atoms with van der Waals surface area (Å²) in [6.07, 6.45) is 2.13. The molecule has 3 rings (SSSR count). The molecule has 1 aliphatic carbocycles. The molecule has 0 aliphatic heterocycles. The van der Waals surface area contributed by atoms with Crippen molar-refractivity contribution in [3.05, 3.63) is 52.3 Å². The number of anilines is 1. The molecule has 1 aromatic carbocycles.